The number of rotatable bonds is 4. The molecule has 1 unspecified atom stereocenters. The Morgan fingerprint density at radius 3 is 2.67 bits per heavy atom. The van der Waals surface area contributed by atoms with Crippen molar-refractivity contribution in [2.24, 2.45) is 11.8 Å². The highest BCUT2D eigenvalue weighted by molar-refractivity contribution is 14.1. The van der Waals surface area contributed by atoms with Crippen LogP contribution in [0.2, 0.25) is 0 Å². The van der Waals surface area contributed by atoms with Crippen LogP contribution in [0, 0.1) is 15.4 Å². The molecule has 4 nitrogen and oxygen atoms in total. The third kappa shape index (κ3) is 3.01. The van der Waals surface area contributed by atoms with Crippen molar-refractivity contribution in [3.63, 3.8) is 0 Å². The zero-order valence-corrected chi connectivity index (χ0v) is 12.1. The van der Waals surface area contributed by atoms with Gasteiger partial charge < -0.3 is 10.4 Å². The molecule has 2 rings (SSSR count). The lowest BCUT2D eigenvalue weighted by molar-refractivity contribution is -0.119. The standard InChI is InChI=1S/C13H14INO3/c1-7(8-2-3-8)12(16)15-11-5-4-9(14)6-10(11)13(17)18/h4-8H,2-3H2,1H3,(H,15,16)(H,17,18). The Morgan fingerprint density at radius 2 is 2.11 bits per heavy atom. The molecule has 96 valence electrons. The maximum Gasteiger partial charge on any atom is 0.337 e. The molecule has 2 N–H and O–H groups in total. The van der Waals surface area contributed by atoms with E-state index in [9.17, 15) is 9.59 Å². The van der Waals surface area contributed by atoms with Gasteiger partial charge in [-0.3, -0.25) is 4.79 Å². The second-order valence-electron chi connectivity index (χ2n) is 4.61. The van der Waals surface area contributed by atoms with Crippen LogP contribution in [0.1, 0.15) is 30.1 Å². The summed E-state index contributed by atoms with van der Waals surface area (Å²) in [4.78, 5) is 23.1. The Morgan fingerprint density at radius 1 is 1.44 bits per heavy atom. The predicted molar refractivity (Wildman–Crippen MR) is 76.6 cm³/mol. The number of carbonyl (C=O) groups is 2. The number of halogens is 1. The van der Waals surface area contributed by atoms with Gasteiger partial charge in [0.2, 0.25) is 5.91 Å². The van der Waals surface area contributed by atoms with Crippen molar-refractivity contribution >= 4 is 40.2 Å². The topological polar surface area (TPSA) is 66.4 Å². The lowest BCUT2D eigenvalue weighted by Crippen LogP contribution is -2.23. The molecule has 1 amide bonds. The first-order valence-corrected chi connectivity index (χ1v) is 6.90. The van der Waals surface area contributed by atoms with Crippen molar-refractivity contribution in [2.75, 3.05) is 5.32 Å². The number of hydrogen-bond acceptors (Lipinski definition) is 2. The van der Waals surface area contributed by atoms with E-state index in [1.165, 1.54) is 0 Å². The molecule has 1 aromatic rings. The molecule has 0 aromatic heterocycles. The molecule has 1 aromatic carbocycles. The van der Waals surface area contributed by atoms with E-state index < -0.39 is 5.97 Å². The SMILES string of the molecule is CC(C(=O)Nc1ccc(I)cc1C(=O)O)C1CC1. The van der Waals surface area contributed by atoms with E-state index in [1.807, 2.05) is 29.5 Å². The Hall–Kier alpha value is -1.11. The molecule has 0 saturated heterocycles. The summed E-state index contributed by atoms with van der Waals surface area (Å²) < 4.78 is 0.832. The quantitative estimate of drug-likeness (QED) is 0.813. The largest absolute Gasteiger partial charge is 0.478 e. The maximum absolute atomic E-state index is 11.9. The van der Waals surface area contributed by atoms with Crippen LogP contribution in [0.25, 0.3) is 0 Å². The van der Waals surface area contributed by atoms with Crippen molar-refractivity contribution in [3.8, 4) is 0 Å². The van der Waals surface area contributed by atoms with Crippen LogP contribution in [0.3, 0.4) is 0 Å². The normalized spacial score (nSPS) is 16.1. The summed E-state index contributed by atoms with van der Waals surface area (Å²) in [6.07, 6.45) is 2.18. The van der Waals surface area contributed by atoms with Gasteiger partial charge in [0.05, 0.1) is 11.3 Å². The van der Waals surface area contributed by atoms with Gasteiger partial charge in [-0.15, -0.1) is 0 Å². The van der Waals surface area contributed by atoms with Gasteiger partial charge in [-0.1, -0.05) is 6.92 Å². The van der Waals surface area contributed by atoms with Crippen molar-refractivity contribution in [3.05, 3.63) is 27.3 Å². The second-order valence-corrected chi connectivity index (χ2v) is 5.86. The Bertz CT molecular complexity index is 497. The molecular weight excluding hydrogens is 345 g/mol. The summed E-state index contributed by atoms with van der Waals surface area (Å²) in [5.41, 5.74) is 0.513. The van der Waals surface area contributed by atoms with E-state index in [-0.39, 0.29) is 17.4 Å². The summed E-state index contributed by atoms with van der Waals surface area (Å²) in [5, 5.41) is 11.8. The number of aromatic carboxylic acids is 1. The smallest absolute Gasteiger partial charge is 0.337 e. The van der Waals surface area contributed by atoms with Crippen molar-refractivity contribution in [1.82, 2.24) is 0 Å². The highest BCUT2D eigenvalue weighted by Crippen LogP contribution is 2.37. The van der Waals surface area contributed by atoms with Crippen LogP contribution in [-0.4, -0.2) is 17.0 Å². The second kappa shape index (κ2) is 5.26. The number of carboxylic acid groups (broad SMARTS) is 1. The first kappa shape index (κ1) is 13.3. The van der Waals surface area contributed by atoms with Gasteiger partial charge in [0.15, 0.2) is 0 Å². The van der Waals surface area contributed by atoms with Crippen LogP contribution < -0.4 is 5.32 Å². The van der Waals surface area contributed by atoms with Gasteiger partial charge in [0.1, 0.15) is 0 Å². The number of amides is 1. The van der Waals surface area contributed by atoms with Crippen LogP contribution >= 0.6 is 22.6 Å². The lowest BCUT2D eigenvalue weighted by Gasteiger charge is -2.13. The van der Waals surface area contributed by atoms with Crippen LogP contribution in [0.5, 0.6) is 0 Å². The summed E-state index contributed by atoms with van der Waals surface area (Å²) in [6, 6.07) is 4.98. The van der Waals surface area contributed by atoms with E-state index in [0.717, 1.165) is 16.4 Å². The van der Waals surface area contributed by atoms with E-state index in [4.69, 9.17) is 5.11 Å². The maximum atomic E-state index is 11.9. The molecule has 1 aliphatic carbocycles. The molecule has 0 aliphatic heterocycles. The van der Waals surface area contributed by atoms with E-state index in [0.29, 0.717) is 11.6 Å². The Balaban J connectivity index is 2.17. The number of anilines is 1. The molecule has 0 bridgehead atoms. The Kier molecular flexibility index (Phi) is 3.89. The third-order valence-corrected chi connectivity index (χ3v) is 3.88. The Labute approximate surface area is 119 Å². The third-order valence-electron chi connectivity index (χ3n) is 3.21. The number of hydrogen-bond donors (Lipinski definition) is 2. The minimum atomic E-state index is -1.03. The molecule has 5 heteroatoms. The van der Waals surface area contributed by atoms with Gasteiger partial charge in [-0.2, -0.15) is 0 Å². The molecular formula is C13H14INO3. The fraction of sp³-hybridized carbons (Fsp3) is 0.385. The summed E-state index contributed by atoms with van der Waals surface area (Å²) >= 11 is 2.05. The molecule has 1 saturated carbocycles. The average Bonchev–Trinajstić information content (AvgIpc) is 3.14. The van der Waals surface area contributed by atoms with Gasteiger partial charge in [-0.05, 0) is 59.5 Å². The zero-order chi connectivity index (χ0) is 13.3. The van der Waals surface area contributed by atoms with E-state index >= 15 is 0 Å². The predicted octanol–water partition coefficient (Wildman–Crippen LogP) is 2.97. The van der Waals surface area contributed by atoms with Gasteiger partial charge >= 0.3 is 5.97 Å². The lowest BCUT2D eigenvalue weighted by atomic mass is 10.1. The van der Waals surface area contributed by atoms with Crippen molar-refractivity contribution < 1.29 is 14.7 Å². The van der Waals surface area contributed by atoms with Crippen LogP contribution in [0.4, 0.5) is 5.69 Å². The average molecular weight is 359 g/mol. The van der Waals surface area contributed by atoms with Gasteiger partial charge in [0, 0.05) is 9.49 Å². The highest BCUT2D eigenvalue weighted by Gasteiger charge is 2.32. The van der Waals surface area contributed by atoms with Gasteiger partial charge in [-0.25, -0.2) is 4.79 Å². The summed E-state index contributed by atoms with van der Waals surface area (Å²) in [5.74, 6) is -0.711. The van der Waals surface area contributed by atoms with Crippen LogP contribution in [-0.2, 0) is 4.79 Å². The molecule has 1 aliphatic rings. The fourth-order valence-electron chi connectivity index (χ4n) is 1.86. The number of carbonyl (C=O) groups excluding carboxylic acids is 1. The minimum absolute atomic E-state index is 0.0501. The van der Waals surface area contributed by atoms with E-state index in [1.54, 1.807) is 18.2 Å². The van der Waals surface area contributed by atoms with Gasteiger partial charge in [0.25, 0.3) is 0 Å². The molecule has 1 fully saturated rings. The molecule has 0 spiro atoms. The van der Waals surface area contributed by atoms with E-state index in [2.05, 4.69) is 5.32 Å². The van der Waals surface area contributed by atoms with Crippen molar-refractivity contribution in [2.45, 2.75) is 19.8 Å². The van der Waals surface area contributed by atoms with Crippen LogP contribution in [0.15, 0.2) is 18.2 Å². The first-order chi connectivity index (χ1) is 8.49. The minimum Gasteiger partial charge on any atom is -0.478 e. The monoisotopic (exact) mass is 359 g/mol. The number of benzene rings is 1. The molecule has 0 heterocycles. The summed E-state index contributed by atoms with van der Waals surface area (Å²) in [6.45, 7) is 1.89. The first-order valence-electron chi connectivity index (χ1n) is 5.82. The number of nitrogens with one attached hydrogen (secondary N) is 1. The highest BCUT2D eigenvalue weighted by atomic mass is 127. The zero-order valence-electron chi connectivity index (χ0n) is 9.94. The number of carboxylic acids is 1. The fourth-order valence-corrected chi connectivity index (χ4v) is 2.35. The molecule has 18 heavy (non-hydrogen) atoms. The van der Waals surface area contributed by atoms with Crippen molar-refractivity contribution in [1.29, 1.82) is 0 Å². The molecule has 1 atom stereocenters. The summed E-state index contributed by atoms with van der Waals surface area (Å²) in [7, 11) is 0. The molecule has 0 radical (unpaired) electrons.